The lowest BCUT2D eigenvalue weighted by Crippen LogP contribution is -2.55. The van der Waals surface area contributed by atoms with E-state index in [0.29, 0.717) is 32.1 Å². The zero-order chi connectivity index (χ0) is 21.4. The van der Waals surface area contributed by atoms with Gasteiger partial charge >= 0.3 is 6.09 Å². The summed E-state index contributed by atoms with van der Waals surface area (Å²) >= 11 is 0. The monoisotopic (exact) mass is 415 g/mol. The second kappa shape index (κ2) is 11.1. The summed E-state index contributed by atoms with van der Waals surface area (Å²) in [6, 6.07) is 0. The molecule has 4 N–H and O–H groups in total. The van der Waals surface area contributed by atoms with Crippen LogP contribution in [0.3, 0.4) is 0 Å². The molecular formula is C20H37N3O6. The first kappa shape index (κ1) is 23.9. The van der Waals surface area contributed by atoms with Crippen LogP contribution in [0.5, 0.6) is 0 Å². The number of epoxide rings is 1. The van der Waals surface area contributed by atoms with Crippen LogP contribution in [0.15, 0.2) is 0 Å². The molecule has 0 aromatic heterocycles. The van der Waals surface area contributed by atoms with E-state index in [0.717, 1.165) is 12.8 Å². The molecule has 1 saturated carbocycles. The fraction of sp³-hybridized carbons (Fsp3) is 0.900. The van der Waals surface area contributed by atoms with E-state index in [1.165, 1.54) is 0 Å². The highest BCUT2D eigenvalue weighted by atomic mass is 16.6. The van der Waals surface area contributed by atoms with Crippen LogP contribution in [0, 0.1) is 11.8 Å². The minimum absolute atomic E-state index is 0.00458. The van der Waals surface area contributed by atoms with Gasteiger partial charge in [-0.1, -0.05) is 13.8 Å². The Morgan fingerprint density at radius 1 is 1.24 bits per heavy atom. The molecule has 9 heteroatoms. The molecule has 2 aliphatic rings. The molecule has 2 fully saturated rings. The molecule has 9 nitrogen and oxygen atoms in total. The van der Waals surface area contributed by atoms with Gasteiger partial charge in [0.15, 0.2) is 0 Å². The van der Waals surface area contributed by atoms with Gasteiger partial charge in [-0.15, -0.1) is 0 Å². The third kappa shape index (κ3) is 6.80. The summed E-state index contributed by atoms with van der Waals surface area (Å²) in [5, 5.41) is 5.23. The third-order valence-corrected chi connectivity index (χ3v) is 5.71. The minimum atomic E-state index is -0.529. The van der Waals surface area contributed by atoms with E-state index in [4.69, 9.17) is 24.7 Å². The summed E-state index contributed by atoms with van der Waals surface area (Å²) < 4.78 is 23.4. The minimum Gasteiger partial charge on any atom is -0.443 e. The van der Waals surface area contributed by atoms with Crippen molar-refractivity contribution in [3.63, 3.8) is 0 Å². The number of hydrogen-bond acceptors (Lipinski definition) is 7. The van der Waals surface area contributed by atoms with E-state index in [1.807, 2.05) is 6.92 Å². The summed E-state index contributed by atoms with van der Waals surface area (Å²) in [5.41, 5.74) is 4.98. The van der Waals surface area contributed by atoms with Crippen LogP contribution in [-0.4, -0.2) is 75.9 Å². The quantitative estimate of drug-likeness (QED) is 0.337. The normalized spacial score (nSPS) is 29.5. The molecule has 3 unspecified atom stereocenters. The van der Waals surface area contributed by atoms with Gasteiger partial charge in [0.25, 0.3) is 0 Å². The third-order valence-electron chi connectivity index (χ3n) is 5.71. The van der Waals surface area contributed by atoms with Gasteiger partial charge in [-0.3, -0.25) is 4.79 Å². The summed E-state index contributed by atoms with van der Waals surface area (Å²) in [7, 11) is 1.64. The summed E-state index contributed by atoms with van der Waals surface area (Å²) in [4.78, 5) is 23.3. The van der Waals surface area contributed by atoms with Crippen LogP contribution in [0.4, 0.5) is 4.79 Å². The first-order valence-electron chi connectivity index (χ1n) is 10.5. The largest absolute Gasteiger partial charge is 0.443 e. The van der Waals surface area contributed by atoms with Crippen molar-refractivity contribution in [3.05, 3.63) is 0 Å². The maximum absolute atomic E-state index is 12.2. The van der Waals surface area contributed by atoms with Crippen molar-refractivity contribution in [2.75, 3.05) is 40.0 Å². The van der Waals surface area contributed by atoms with E-state index < -0.39 is 6.09 Å². The van der Waals surface area contributed by atoms with Gasteiger partial charge in [-0.25, -0.2) is 4.79 Å². The fourth-order valence-electron chi connectivity index (χ4n) is 4.01. The topological polar surface area (TPSA) is 124 Å². The van der Waals surface area contributed by atoms with Crippen molar-refractivity contribution in [2.45, 2.75) is 63.9 Å². The molecular weight excluding hydrogens is 378 g/mol. The van der Waals surface area contributed by atoms with Crippen molar-refractivity contribution in [2.24, 2.45) is 17.6 Å². The summed E-state index contributed by atoms with van der Waals surface area (Å²) in [6.07, 6.45) is 1.19. The van der Waals surface area contributed by atoms with Crippen LogP contribution in [-0.2, 0) is 23.7 Å². The first-order chi connectivity index (χ1) is 13.8. The van der Waals surface area contributed by atoms with Gasteiger partial charge in [-0.05, 0) is 32.1 Å². The molecule has 2 rings (SSSR count). The predicted octanol–water partition coefficient (Wildman–Crippen LogP) is 0.801. The maximum atomic E-state index is 12.2. The second-order valence-corrected chi connectivity index (χ2v) is 8.30. The molecule has 1 spiro atoms. The molecule has 0 aromatic carbocycles. The fourth-order valence-corrected chi connectivity index (χ4v) is 4.01. The number of carbonyl (C=O) groups is 2. The van der Waals surface area contributed by atoms with Crippen molar-refractivity contribution in [1.29, 1.82) is 0 Å². The Morgan fingerprint density at radius 2 is 1.93 bits per heavy atom. The lowest BCUT2D eigenvalue weighted by atomic mass is 9.73. The van der Waals surface area contributed by atoms with Crippen LogP contribution in [0.1, 0.15) is 40.0 Å². The number of nitrogens with two attached hydrogens (primary N) is 1. The lowest BCUT2D eigenvalue weighted by Gasteiger charge is -2.43. The highest BCUT2D eigenvalue weighted by Gasteiger charge is 2.61. The smallest absolute Gasteiger partial charge is 0.407 e. The van der Waals surface area contributed by atoms with Crippen LogP contribution < -0.4 is 16.4 Å². The van der Waals surface area contributed by atoms with Crippen molar-refractivity contribution < 1.29 is 28.5 Å². The van der Waals surface area contributed by atoms with E-state index in [-0.39, 0.29) is 48.8 Å². The van der Waals surface area contributed by atoms with Gasteiger partial charge < -0.3 is 35.3 Å². The Balaban J connectivity index is 1.88. The maximum Gasteiger partial charge on any atom is 0.407 e. The molecule has 29 heavy (non-hydrogen) atoms. The molecule has 2 amide bonds. The van der Waals surface area contributed by atoms with Gasteiger partial charge in [-0.2, -0.15) is 0 Å². The number of rotatable bonds is 11. The second-order valence-electron chi connectivity index (χ2n) is 8.30. The highest BCUT2D eigenvalue weighted by Crippen LogP contribution is 2.49. The van der Waals surface area contributed by atoms with Crippen molar-refractivity contribution in [1.82, 2.24) is 10.6 Å². The van der Waals surface area contributed by atoms with E-state index in [9.17, 15) is 9.59 Å². The number of ether oxygens (including phenoxy) is 4. The summed E-state index contributed by atoms with van der Waals surface area (Å²) in [6.45, 7) is 8.24. The zero-order valence-corrected chi connectivity index (χ0v) is 18.1. The van der Waals surface area contributed by atoms with Crippen molar-refractivity contribution >= 4 is 12.0 Å². The Bertz CT molecular complexity index is 540. The number of hydrogen-bond donors (Lipinski definition) is 3. The molecule has 0 bridgehead atoms. The van der Waals surface area contributed by atoms with Gasteiger partial charge in [0, 0.05) is 32.7 Å². The number of nitrogens with one attached hydrogen (secondary N) is 2. The molecule has 0 radical (unpaired) electrons. The molecule has 168 valence electrons. The SMILES string of the molecule is COC1C(OC(=O)NCCNC(=O)CN)CC[C@]2(CO2)C1[C@H](C)OCCC(C)C. The Morgan fingerprint density at radius 3 is 2.52 bits per heavy atom. The Hall–Kier alpha value is -1.42. The molecule has 1 aliphatic carbocycles. The standard InChI is InChI=1S/C20H37N3O6/c1-13(2)6-10-27-14(3)17-18(26-4)15(5-7-20(17)12-28-20)29-19(25)23-9-8-22-16(24)11-21/h13-15,17-18H,5-12,21H2,1-4H3,(H,22,24)(H,23,25)/t14-,15?,17?,18?,20-/m0/s1. The molecule has 1 aliphatic heterocycles. The van der Waals surface area contributed by atoms with Gasteiger partial charge in [0.2, 0.25) is 5.91 Å². The average molecular weight is 416 g/mol. The molecule has 5 atom stereocenters. The van der Waals surface area contributed by atoms with Crippen LogP contribution in [0.25, 0.3) is 0 Å². The summed E-state index contributed by atoms with van der Waals surface area (Å²) in [5.74, 6) is 0.304. The Kier molecular flexibility index (Phi) is 9.13. The number of alkyl carbamates (subject to hydrolysis) is 1. The number of amides is 2. The van der Waals surface area contributed by atoms with Crippen LogP contribution >= 0.6 is 0 Å². The van der Waals surface area contributed by atoms with E-state index in [2.05, 4.69) is 24.5 Å². The molecule has 0 aromatic rings. The average Bonchev–Trinajstić information content (AvgIpc) is 3.45. The highest BCUT2D eigenvalue weighted by molar-refractivity contribution is 5.77. The number of methoxy groups -OCH3 is 1. The Labute approximate surface area is 173 Å². The molecule has 1 heterocycles. The van der Waals surface area contributed by atoms with Crippen LogP contribution in [0.2, 0.25) is 0 Å². The van der Waals surface area contributed by atoms with E-state index >= 15 is 0 Å². The van der Waals surface area contributed by atoms with E-state index in [1.54, 1.807) is 7.11 Å². The lowest BCUT2D eigenvalue weighted by molar-refractivity contribution is -0.141. The zero-order valence-electron chi connectivity index (χ0n) is 18.1. The van der Waals surface area contributed by atoms with Gasteiger partial charge in [0.05, 0.1) is 24.9 Å². The number of carbonyl (C=O) groups excluding carboxylic acids is 2. The predicted molar refractivity (Wildman–Crippen MR) is 107 cm³/mol. The molecule has 1 saturated heterocycles. The first-order valence-corrected chi connectivity index (χ1v) is 10.5. The van der Waals surface area contributed by atoms with Gasteiger partial charge in [0.1, 0.15) is 12.2 Å². The van der Waals surface area contributed by atoms with Crippen molar-refractivity contribution in [3.8, 4) is 0 Å².